The third kappa shape index (κ3) is 2.20. The molecule has 2 nitrogen and oxygen atoms in total. The lowest BCUT2D eigenvalue weighted by Crippen LogP contribution is -2.29. The molecular weight excluding hydrogens is 396 g/mol. The van der Waals surface area contributed by atoms with Gasteiger partial charge in [0.15, 0.2) is 0 Å². The highest BCUT2D eigenvalue weighted by Gasteiger charge is 2.38. The van der Waals surface area contributed by atoms with E-state index in [-0.39, 0.29) is 0 Å². The van der Waals surface area contributed by atoms with Crippen LogP contribution in [0.2, 0.25) is 0 Å². The highest BCUT2D eigenvalue weighted by molar-refractivity contribution is 9.10. The molecular formula is C17H14Br2O2. The Labute approximate surface area is 140 Å². The van der Waals surface area contributed by atoms with Crippen LogP contribution in [0, 0.1) is 0 Å². The Bertz CT molecular complexity index is 706. The lowest BCUT2D eigenvalue weighted by atomic mass is 9.99. The van der Waals surface area contributed by atoms with Gasteiger partial charge >= 0.3 is 0 Å². The molecule has 0 spiro atoms. The van der Waals surface area contributed by atoms with Gasteiger partial charge < -0.3 is 9.47 Å². The molecule has 1 aliphatic carbocycles. The molecule has 21 heavy (non-hydrogen) atoms. The van der Waals surface area contributed by atoms with Crippen molar-refractivity contribution >= 4 is 31.9 Å². The minimum absolute atomic E-state index is 0.621. The fourth-order valence-corrected chi connectivity index (χ4v) is 4.25. The first-order valence-corrected chi connectivity index (χ1v) is 8.89. The van der Waals surface area contributed by atoms with Crippen molar-refractivity contribution in [3.8, 4) is 11.1 Å². The van der Waals surface area contributed by atoms with Crippen LogP contribution < -0.4 is 0 Å². The van der Waals surface area contributed by atoms with Crippen LogP contribution in [-0.2, 0) is 21.7 Å². The van der Waals surface area contributed by atoms with E-state index in [1.54, 1.807) is 0 Å². The van der Waals surface area contributed by atoms with Crippen molar-refractivity contribution in [3.05, 3.63) is 57.6 Å². The van der Waals surface area contributed by atoms with Gasteiger partial charge in [0.25, 0.3) is 0 Å². The number of ether oxygens (including phenoxy) is 2. The molecule has 2 aromatic rings. The predicted molar refractivity (Wildman–Crippen MR) is 89.8 cm³/mol. The second-order valence-corrected chi connectivity index (χ2v) is 6.91. The first kappa shape index (κ1) is 13.9. The minimum atomic E-state index is -0.621. The Morgan fingerprint density at radius 1 is 0.952 bits per heavy atom. The molecule has 1 saturated heterocycles. The monoisotopic (exact) mass is 408 g/mol. The number of halogens is 2. The Kier molecular flexibility index (Phi) is 3.45. The molecule has 0 bridgehead atoms. The summed E-state index contributed by atoms with van der Waals surface area (Å²) in [6, 6.07) is 13.1. The summed E-state index contributed by atoms with van der Waals surface area (Å²) in [5, 5.41) is 0.650. The summed E-state index contributed by atoms with van der Waals surface area (Å²) in [5.74, 6) is -0.621. The van der Waals surface area contributed by atoms with Crippen molar-refractivity contribution in [2.24, 2.45) is 0 Å². The smallest absolute Gasteiger partial charge is 0.204 e. The van der Waals surface area contributed by atoms with Crippen molar-refractivity contribution in [1.82, 2.24) is 0 Å². The lowest BCUT2D eigenvalue weighted by molar-refractivity contribution is -0.144. The Balaban J connectivity index is 1.78. The van der Waals surface area contributed by atoms with Crippen molar-refractivity contribution in [1.29, 1.82) is 0 Å². The number of hydrogen-bond donors (Lipinski definition) is 0. The van der Waals surface area contributed by atoms with Gasteiger partial charge in [-0.2, -0.15) is 0 Å². The standard InChI is InChI=1S/C17H14Br2O2/c18-10-17(20-5-6-21-17)13-1-3-15-11(8-13)7-12-9-14(19)2-4-16(12)15/h1-4,8-9H,5-7,10H2. The molecule has 0 saturated carbocycles. The van der Waals surface area contributed by atoms with E-state index in [9.17, 15) is 0 Å². The second kappa shape index (κ2) is 5.20. The largest absolute Gasteiger partial charge is 0.343 e. The highest BCUT2D eigenvalue weighted by atomic mass is 79.9. The SMILES string of the molecule is BrCC1(c2ccc3c(c2)Cc2cc(Br)ccc2-3)OCCO1. The maximum Gasteiger partial charge on any atom is 0.204 e. The van der Waals surface area contributed by atoms with Crippen LogP contribution in [0.4, 0.5) is 0 Å². The van der Waals surface area contributed by atoms with Gasteiger partial charge in [0.2, 0.25) is 5.79 Å². The van der Waals surface area contributed by atoms with E-state index in [2.05, 4.69) is 68.3 Å². The second-order valence-electron chi connectivity index (χ2n) is 5.43. The van der Waals surface area contributed by atoms with Crippen LogP contribution in [0.5, 0.6) is 0 Å². The lowest BCUT2D eigenvalue weighted by Gasteiger charge is -2.26. The van der Waals surface area contributed by atoms with Gasteiger partial charge in [-0.05, 0) is 46.9 Å². The molecule has 0 amide bonds. The van der Waals surface area contributed by atoms with Crippen molar-refractivity contribution in [2.75, 3.05) is 18.5 Å². The van der Waals surface area contributed by atoms with Crippen LogP contribution in [0.3, 0.4) is 0 Å². The Morgan fingerprint density at radius 3 is 2.33 bits per heavy atom. The summed E-state index contributed by atoms with van der Waals surface area (Å²) in [6.45, 7) is 1.30. The molecule has 0 aromatic heterocycles. The van der Waals surface area contributed by atoms with E-state index in [1.165, 1.54) is 22.3 Å². The average molecular weight is 410 g/mol. The number of benzene rings is 2. The molecule has 1 aliphatic heterocycles. The highest BCUT2D eigenvalue weighted by Crippen LogP contribution is 2.41. The summed E-state index contributed by atoms with van der Waals surface area (Å²) in [6.07, 6.45) is 0.969. The third-order valence-electron chi connectivity index (χ3n) is 4.21. The van der Waals surface area contributed by atoms with Crippen molar-refractivity contribution in [2.45, 2.75) is 12.2 Å². The van der Waals surface area contributed by atoms with E-state index in [0.29, 0.717) is 18.5 Å². The van der Waals surface area contributed by atoms with E-state index in [4.69, 9.17) is 9.47 Å². The average Bonchev–Trinajstić information content (AvgIpc) is 3.10. The van der Waals surface area contributed by atoms with E-state index >= 15 is 0 Å². The number of fused-ring (bicyclic) bond motifs is 3. The van der Waals surface area contributed by atoms with Gasteiger partial charge in [-0.3, -0.25) is 0 Å². The molecule has 108 valence electrons. The van der Waals surface area contributed by atoms with E-state index in [0.717, 1.165) is 16.5 Å². The zero-order valence-electron chi connectivity index (χ0n) is 11.4. The van der Waals surface area contributed by atoms with Gasteiger partial charge in [0.05, 0.1) is 18.5 Å². The van der Waals surface area contributed by atoms with Gasteiger partial charge in [0, 0.05) is 10.0 Å². The summed E-state index contributed by atoms with van der Waals surface area (Å²) in [5.41, 5.74) is 6.48. The predicted octanol–water partition coefficient (Wildman–Crippen LogP) is 4.61. The molecule has 4 rings (SSSR count). The van der Waals surface area contributed by atoms with Crippen molar-refractivity contribution < 1.29 is 9.47 Å². The zero-order valence-corrected chi connectivity index (χ0v) is 14.5. The summed E-state index contributed by atoms with van der Waals surface area (Å²) < 4.78 is 12.8. The van der Waals surface area contributed by atoms with Gasteiger partial charge in [-0.25, -0.2) is 0 Å². The minimum Gasteiger partial charge on any atom is -0.343 e. The van der Waals surface area contributed by atoms with E-state index in [1.807, 2.05) is 0 Å². The molecule has 2 aliphatic rings. The first-order chi connectivity index (χ1) is 10.2. The van der Waals surface area contributed by atoms with Gasteiger partial charge in [-0.1, -0.05) is 50.1 Å². The fraction of sp³-hybridized carbons (Fsp3) is 0.294. The molecule has 4 heteroatoms. The molecule has 1 heterocycles. The maximum absolute atomic E-state index is 5.86. The van der Waals surface area contributed by atoms with Gasteiger partial charge in [-0.15, -0.1) is 0 Å². The zero-order chi connectivity index (χ0) is 14.4. The first-order valence-electron chi connectivity index (χ1n) is 6.98. The molecule has 0 radical (unpaired) electrons. The maximum atomic E-state index is 5.86. The summed E-state index contributed by atoms with van der Waals surface area (Å²) in [4.78, 5) is 0. The molecule has 2 aromatic carbocycles. The molecule has 1 fully saturated rings. The van der Waals surface area contributed by atoms with Crippen LogP contribution in [0.25, 0.3) is 11.1 Å². The van der Waals surface area contributed by atoms with Crippen molar-refractivity contribution in [3.63, 3.8) is 0 Å². The molecule has 0 unspecified atom stereocenters. The quantitative estimate of drug-likeness (QED) is 0.575. The number of hydrogen-bond acceptors (Lipinski definition) is 2. The summed E-state index contributed by atoms with van der Waals surface area (Å²) in [7, 11) is 0. The molecule has 0 atom stereocenters. The number of alkyl halides is 1. The Hall–Kier alpha value is -0.680. The van der Waals surface area contributed by atoms with Crippen LogP contribution in [0.1, 0.15) is 16.7 Å². The topological polar surface area (TPSA) is 18.5 Å². The van der Waals surface area contributed by atoms with Crippen LogP contribution >= 0.6 is 31.9 Å². The van der Waals surface area contributed by atoms with Crippen LogP contribution in [-0.4, -0.2) is 18.5 Å². The van der Waals surface area contributed by atoms with Crippen LogP contribution in [0.15, 0.2) is 40.9 Å². The fourth-order valence-electron chi connectivity index (χ4n) is 3.19. The molecule has 0 N–H and O–H groups in total. The summed E-state index contributed by atoms with van der Waals surface area (Å²) >= 11 is 7.08. The van der Waals surface area contributed by atoms with E-state index < -0.39 is 5.79 Å². The Morgan fingerprint density at radius 2 is 1.62 bits per heavy atom. The van der Waals surface area contributed by atoms with Gasteiger partial charge in [0.1, 0.15) is 0 Å². The normalized spacial score (nSPS) is 18.6. The third-order valence-corrected chi connectivity index (χ3v) is 5.44. The number of rotatable bonds is 2.